The third-order valence-electron chi connectivity index (χ3n) is 5.41. The van der Waals surface area contributed by atoms with Gasteiger partial charge in [-0.3, -0.25) is 9.36 Å². The van der Waals surface area contributed by atoms with E-state index in [0.717, 1.165) is 16.7 Å². The average molecular weight is 472 g/mol. The summed E-state index contributed by atoms with van der Waals surface area (Å²) >= 11 is 0. The topological polar surface area (TPSA) is 71.1 Å². The van der Waals surface area contributed by atoms with Crippen LogP contribution in [0.1, 0.15) is 25.0 Å². The predicted molar refractivity (Wildman–Crippen MR) is 122 cm³/mol. The Hall–Kier alpha value is -3.82. The zero-order valence-corrected chi connectivity index (χ0v) is 18.8. The molecule has 0 bridgehead atoms. The van der Waals surface area contributed by atoms with Gasteiger partial charge in [-0.1, -0.05) is 38.1 Å². The lowest BCUT2D eigenvalue weighted by molar-refractivity contribution is -0.137. The number of hydrogen-bond acceptors (Lipinski definition) is 4. The summed E-state index contributed by atoms with van der Waals surface area (Å²) in [5.41, 5.74) is -0.511. The van der Waals surface area contributed by atoms with Crippen molar-refractivity contribution in [1.29, 1.82) is 0 Å². The predicted octanol–water partition coefficient (Wildman–Crippen LogP) is 4.08. The summed E-state index contributed by atoms with van der Waals surface area (Å²) in [5, 5.41) is 0. The molecule has 4 aromatic rings. The maximum atomic E-state index is 13.4. The van der Waals surface area contributed by atoms with Crippen molar-refractivity contribution in [3.8, 4) is 11.4 Å². The van der Waals surface area contributed by atoms with Crippen LogP contribution in [0.4, 0.5) is 13.2 Å². The second-order valence-corrected chi connectivity index (χ2v) is 8.34. The number of ether oxygens (including phenoxy) is 1. The normalized spacial score (nSPS) is 12.0. The number of hydrogen-bond donors (Lipinski definition) is 0. The van der Waals surface area contributed by atoms with Gasteiger partial charge in [-0.05, 0) is 35.7 Å². The second-order valence-electron chi connectivity index (χ2n) is 8.34. The SMILES string of the molecule is COc1ccccc1-n1c(=O)n(CC(C)C)c(=O)c2c1ncn2Cc1ccc(C(F)(F)F)cc1. The maximum absolute atomic E-state index is 13.4. The highest BCUT2D eigenvalue weighted by atomic mass is 19.4. The Balaban J connectivity index is 1.93. The van der Waals surface area contributed by atoms with Crippen molar-refractivity contribution in [2.45, 2.75) is 33.1 Å². The molecule has 2 aromatic heterocycles. The van der Waals surface area contributed by atoms with Crippen LogP contribution in [-0.2, 0) is 19.3 Å². The molecule has 0 saturated carbocycles. The number of halogens is 3. The summed E-state index contributed by atoms with van der Waals surface area (Å²) in [4.78, 5) is 31.2. The Morgan fingerprint density at radius 1 is 1.03 bits per heavy atom. The lowest BCUT2D eigenvalue weighted by Gasteiger charge is -2.16. The van der Waals surface area contributed by atoms with Gasteiger partial charge in [-0.15, -0.1) is 0 Å². The van der Waals surface area contributed by atoms with Gasteiger partial charge in [-0.25, -0.2) is 14.3 Å². The second kappa shape index (κ2) is 8.85. The number of para-hydroxylation sites is 2. The van der Waals surface area contributed by atoms with E-state index in [9.17, 15) is 22.8 Å². The minimum absolute atomic E-state index is 0.0141. The Labute approximate surface area is 192 Å². The Morgan fingerprint density at radius 2 is 1.71 bits per heavy atom. The van der Waals surface area contributed by atoms with Crippen molar-refractivity contribution in [3.63, 3.8) is 0 Å². The number of aromatic nitrogens is 4. The summed E-state index contributed by atoms with van der Waals surface area (Å²) in [6.07, 6.45) is -3.02. The zero-order valence-electron chi connectivity index (χ0n) is 18.8. The largest absolute Gasteiger partial charge is 0.495 e. The molecule has 34 heavy (non-hydrogen) atoms. The van der Waals surface area contributed by atoms with Crippen LogP contribution >= 0.6 is 0 Å². The number of alkyl halides is 3. The first-order valence-electron chi connectivity index (χ1n) is 10.6. The molecule has 0 spiro atoms. The number of methoxy groups -OCH3 is 1. The van der Waals surface area contributed by atoms with Gasteiger partial charge in [0.25, 0.3) is 5.56 Å². The fourth-order valence-corrected chi connectivity index (χ4v) is 3.85. The van der Waals surface area contributed by atoms with Gasteiger partial charge < -0.3 is 9.30 Å². The van der Waals surface area contributed by atoms with E-state index in [1.165, 1.54) is 30.1 Å². The number of imidazole rings is 1. The van der Waals surface area contributed by atoms with Crippen LogP contribution in [0.5, 0.6) is 5.75 Å². The summed E-state index contributed by atoms with van der Waals surface area (Å²) in [6, 6.07) is 11.6. The molecule has 0 amide bonds. The van der Waals surface area contributed by atoms with E-state index in [1.54, 1.807) is 28.8 Å². The molecular formula is C24H23F3N4O3. The van der Waals surface area contributed by atoms with Crippen LogP contribution in [0.25, 0.3) is 16.9 Å². The summed E-state index contributed by atoms with van der Waals surface area (Å²) in [6.45, 7) is 4.08. The smallest absolute Gasteiger partial charge is 0.416 e. The lowest BCUT2D eigenvalue weighted by Crippen LogP contribution is -2.41. The summed E-state index contributed by atoms with van der Waals surface area (Å²) in [7, 11) is 1.48. The van der Waals surface area contributed by atoms with Crippen LogP contribution < -0.4 is 16.0 Å². The fraction of sp³-hybridized carbons (Fsp3) is 0.292. The van der Waals surface area contributed by atoms with E-state index < -0.39 is 23.0 Å². The molecule has 0 fully saturated rings. The van der Waals surface area contributed by atoms with E-state index in [0.29, 0.717) is 17.0 Å². The molecule has 0 unspecified atom stereocenters. The Bertz CT molecular complexity index is 1450. The Kier molecular flexibility index (Phi) is 6.07. The quantitative estimate of drug-likeness (QED) is 0.424. The van der Waals surface area contributed by atoms with Gasteiger partial charge >= 0.3 is 11.9 Å². The van der Waals surface area contributed by atoms with Crippen LogP contribution in [-0.4, -0.2) is 25.8 Å². The number of rotatable bonds is 6. The van der Waals surface area contributed by atoms with Gasteiger partial charge in [0.2, 0.25) is 0 Å². The van der Waals surface area contributed by atoms with Crippen molar-refractivity contribution in [3.05, 3.63) is 86.8 Å². The third-order valence-corrected chi connectivity index (χ3v) is 5.41. The monoisotopic (exact) mass is 472 g/mol. The number of nitrogens with zero attached hydrogens (tertiary/aromatic N) is 4. The van der Waals surface area contributed by atoms with E-state index in [4.69, 9.17) is 4.74 Å². The molecule has 2 aromatic carbocycles. The molecule has 2 heterocycles. The fourth-order valence-electron chi connectivity index (χ4n) is 3.85. The molecule has 4 rings (SSSR count). The van der Waals surface area contributed by atoms with Gasteiger partial charge in [0.05, 0.1) is 24.7 Å². The first-order valence-corrected chi connectivity index (χ1v) is 10.6. The molecule has 0 atom stereocenters. The highest BCUT2D eigenvalue weighted by Crippen LogP contribution is 2.29. The summed E-state index contributed by atoms with van der Waals surface area (Å²) in [5.74, 6) is 0.443. The van der Waals surface area contributed by atoms with Crippen LogP contribution in [0.3, 0.4) is 0 Å². The van der Waals surface area contributed by atoms with Crippen LogP contribution in [0.2, 0.25) is 0 Å². The maximum Gasteiger partial charge on any atom is 0.416 e. The Morgan fingerprint density at radius 3 is 2.32 bits per heavy atom. The molecular weight excluding hydrogens is 449 g/mol. The van der Waals surface area contributed by atoms with Crippen molar-refractivity contribution in [1.82, 2.24) is 18.7 Å². The number of benzene rings is 2. The minimum atomic E-state index is -4.43. The van der Waals surface area contributed by atoms with Gasteiger partial charge in [-0.2, -0.15) is 13.2 Å². The van der Waals surface area contributed by atoms with Crippen molar-refractivity contribution < 1.29 is 17.9 Å². The van der Waals surface area contributed by atoms with E-state index >= 15 is 0 Å². The lowest BCUT2D eigenvalue weighted by atomic mass is 10.1. The van der Waals surface area contributed by atoms with Gasteiger partial charge in [0.15, 0.2) is 11.2 Å². The van der Waals surface area contributed by atoms with Crippen LogP contribution in [0.15, 0.2) is 64.4 Å². The van der Waals surface area contributed by atoms with Gasteiger partial charge in [0, 0.05) is 13.1 Å². The van der Waals surface area contributed by atoms with E-state index in [-0.39, 0.29) is 30.2 Å². The molecule has 0 aliphatic heterocycles. The van der Waals surface area contributed by atoms with Crippen LogP contribution in [0, 0.1) is 5.92 Å². The van der Waals surface area contributed by atoms with Crippen molar-refractivity contribution in [2.24, 2.45) is 5.92 Å². The molecule has 0 radical (unpaired) electrons. The highest BCUT2D eigenvalue weighted by molar-refractivity contribution is 5.73. The molecule has 178 valence electrons. The van der Waals surface area contributed by atoms with Gasteiger partial charge in [0.1, 0.15) is 5.75 Å². The number of fused-ring (bicyclic) bond motifs is 1. The van der Waals surface area contributed by atoms with E-state index in [2.05, 4.69) is 4.98 Å². The third kappa shape index (κ3) is 4.23. The molecule has 10 heteroatoms. The first-order chi connectivity index (χ1) is 16.1. The molecule has 7 nitrogen and oxygen atoms in total. The zero-order chi connectivity index (χ0) is 24.6. The van der Waals surface area contributed by atoms with Crippen molar-refractivity contribution in [2.75, 3.05) is 7.11 Å². The molecule has 0 aliphatic carbocycles. The molecule has 0 saturated heterocycles. The minimum Gasteiger partial charge on any atom is -0.495 e. The average Bonchev–Trinajstić information content (AvgIpc) is 3.20. The standard InChI is InChI=1S/C24H23F3N4O3/c1-15(2)12-30-22(32)20-21(31(23(30)33)18-6-4-5-7-19(18)34-3)28-14-29(20)13-16-8-10-17(11-9-16)24(25,26)27/h4-11,14-15H,12-13H2,1-3H3. The molecule has 0 N–H and O–H groups in total. The summed E-state index contributed by atoms with van der Waals surface area (Å²) < 4.78 is 48.2. The molecule has 0 aliphatic rings. The van der Waals surface area contributed by atoms with E-state index in [1.807, 2.05) is 13.8 Å². The first kappa shape index (κ1) is 23.3. The van der Waals surface area contributed by atoms with Crippen molar-refractivity contribution >= 4 is 11.2 Å². The highest BCUT2D eigenvalue weighted by Gasteiger charge is 2.30.